The summed E-state index contributed by atoms with van der Waals surface area (Å²) >= 11 is 0. The zero-order valence-corrected chi connectivity index (χ0v) is 14.3. The van der Waals surface area contributed by atoms with Crippen LogP contribution in [0.15, 0.2) is 30.5 Å². The van der Waals surface area contributed by atoms with E-state index in [2.05, 4.69) is 15.3 Å². The number of rotatable bonds is 5. The van der Waals surface area contributed by atoms with Crippen LogP contribution >= 0.6 is 0 Å². The molecule has 1 N–H and O–H groups in total. The van der Waals surface area contributed by atoms with Gasteiger partial charge in [-0.2, -0.15) is 0 Å². The fourth-order valence-corrected chi connectivity index (χ4v) is 2.72. The molecule has 7 heteroatoms. The second-order valence-corrected chi connectivity index (χ2v) is 6.18. The maximum Gasteiger partial charge on any atom is 0.256 e. The van der Waals surface area contributed by atoms with E-state index in [0.29, 0.717) is 29.3 Å². The molecule has 2 heterocycles. The predicted molar refractivity (Wildman–Crippen MR) is 93.1 cm³/mol. The molecule has 1 aliphatic rings. The number of anilines is 1. The van der Waals surface area contributed by atoms with Crippen molar-refractivity contribution in [3.05, 3.63) is 41.8 Å². The van der Waals surface area contributed by atoms with Crippen molar-refractivity contribution in [3.8, 4) is 11.4 Å². The summed E-state index contributed by atoms with van der Waals surface area (Å²) in [6.07, 6.45) is 3.57. The number of benzene rings is 1. The van der Waals surface area contributed by atoms with Crippen molar-refractivity contribution in [2.24, 2.45) is 0 Å². The first-order valence-electron chi connectivity index (χ1n) is 8.24. The number of nitrogens with one attached hydrogen (secondary N) is 1. The summed E-state index contributed by atoms with van der Waals surface area (Å²) < 4.78 is 18.6. The molecule has 1 saturated heterocycles. The molecule has 132 valence electrons. The second kappa shape index (κ2) is 7.57. The van der Waals surface area contributed by atoms with E-state index in [1.54, 1.807) is 17.0 Å². The van der Waals surface area contributed by atoms with E-state index in [4.69, 9.17) is 4.74 Å². The van der Waals surface area contributed by atoms with Gasteiger partial charge in [-0.3, -0.25) is 4.79 Å². The lowest BCUT2D eigenvalue weighted by Crippen LogP contribution is -2.33. The molecule has 0 saturated carbocycles. The van der Waals surface area contributed by atoms with Gasteiger partial charge >= 0.3 is 0 Å². The van der Waals surface area contributed by atoms with Crippen LogP contribution in [0.3, 0.4) is 0 Å². The van der Waals surface area contributed by atoms with Crippen LogP contribution < -0.4 is 10.2 Å². The lowest BCUT2D eigenvalue weighted by Gasteiger charge is -2.17. The lowest BCUT2D eigenvalue weighted by atomic mass is 10.2. The van der Waals surface area contributed by atoms with Gasteiger partial charge < -0.3 is 15.0 Å². The Hall–Kier alpha value is -2.54. The van der Waals surface area contributed by atoms with Crippen molar-refractivity contribution >= 4 is 11.7 Å². The Morgan fingerprint density at radius 3 is 2.76 bits per heavy atom. The molecule has 0 radical (unpaired) electrons. The molecule has 0 spiro atoms. The van der Waals surface area contributed by atoms with E-state index in [-0.39, 0.29) is 17.8 Å². The number of halogens is 1. The Kier molecular flexibility index (Phi) is 5.23. The van der Waals surface area contributed by atoms with Gasteiger partial charge in [-0.25, -0.2) is 14.4 Å². The van der Waals surface area contributed by atoms with Gasteiger partial charge in [0.25, 0.3) is 5.91 Å². The molecule has 0 bridgehead atoms. The van der Waals surface area contributed by atoms with Crippen molar-refractivity contribution in [1.82, 2.24) is 15.3 Å². The van der Waals surface area contributed by atoms with E-state index in [0.717, 1.165) is 19.4 Å². The Labute approximate surface area is 146 Å². The van der Waals surface area contributed by atoms with Crippen LogP contribution in [0.1, 0.15) is 23.2 Å². The number of ether oxygens (including phenoxy) is 1. The summed E-state index contributed by atoms with van der Waals surface area (Å²) in [4.78, 5) is 23.0. The third-order valence-corrected chi connectivity index (χ3v) is 4.05. The number of hydrogen-bond acceptors (Lipinski definition) is 5. The summed E-state index contributed by atoms with van der Waals surface area (Å²) in [6.45, 7) is 1.23. The molecule has 1 fully saturated rings. The van der Waals surface area contributed by atoms with E-state index in [1.807, 2.05) is 14.1 Å². The van der Waals surface area contributed by atoms with Crippen LogP contribution in [0.5, 0.6) is 0 Å². The predicted octanol–water partition coefficient (Wildman–Crippen LogP) is 2.26. The highest BCUT2D eigenvalue weighted by Gasteiger charge is 2.20. The highest BCUT2D eigenvalue weighted by Crippen LogP contribution is 2.21. The monoisotopic (exact) mass is 344 g/mol. The third kappa shape index (κ3) is 4.11. The fourth-order valence-electron chi connectivity index (χ4n) is 2.72. The number of hydrogen-bond donors (Lipinski definition) is 1. The van der Waals surface area contributed by atoms with Crippen molar-refractivity contribution < 1.29 is 13.9 Å². The van der Waals surface area contributed by atoms with E-state index < -0.39 is 0 Å². The van der Waals surface area contributed by atoms with Gasteiger partial charge in [-0.05, 0) is 37.1 Å². The molecular formula is C18H21FN4O2. The molecule has 1 aliphatic heterocycles. The summed E-state index contributed by atoms with van der Waals surface area (Å²) in [6, 6.07) is 5.94. The van der Waals surface area contributed by atoms with Crippen molar-refractivity contribution in [3.63, 3.8) is 0 Å². The summed E-state index contributed by atoms with van der Waals surface area (Å²) in [5.74, 6) is 0.408. The van der Waals surface area contributed by atoms with Gasteiger partial charge in [0.15, 0.2) is 5.82 Å². The smallest absolute Gasteiger partial charge is 0.256 e. The van der Waals surface area contributed by atoms with Crippen LogP contribution in [-0.2, 0) is 4.74 Å². The average Bonchev–Trinajstić information content (AvgIpc) is 3.13. The Morgan fingerprint density at radius 1 is 1.36 bits per heavy atom. The van der Waals surface area contributed by atoms with Gasteiger partial charge in [0.05, 0.1) is 6.10 Å². The number of carbonyl (C=O) groups is 1. The van der Waals surface area contributed by atoms with Crippen LogP contribution in [0.4, 0.5) is 10.2 Å². The first kappa shape index (κ1) is 17.3. The van der Waals surface area contributed by atoms with Crippen molar-refractivity contribution in [2.75, 3.05) is 32.1 Å². The topological polar surface area (TPSA) is 67.4 Å². The van der Waals surface area contributed by atoms with Crippen LogP contribution in [0.25, 0.3) is 11.4 Å². The number of nitrogens with zero attached hydrogens (tertiary/aromatic N) is 3. The van der Waals surface area contributed by atoms with Crippen LogP contribution in [0.2, 0.25) is 0 Å². The van der Waals surface area contributed by atoms with Gasteiger partial charge in [0.2, 0.25) is 0 Å². The number of carbonyl (C=O) groups excluding carboxylic acids is 1. The quantitative estimate of drug-likeness (QED) is 0.901. The largest absolute Gasteiger partial charge is 0.376 e. The van der Waals surface area contributed by atoms with Gasteiger partial charge in [0.1, 0.15) is 17.2 Å². The second-order valence-electron chi connectivity index (χ2n) is 6.18. The Morgan fingerprint density at radius 2 is 2.12 bits per heavy atom. The molecule has 1 aromatic heterocycles. The maximum absolute atomic E-state index is 13.1. The summed E-state index contributed by atoms with van der Waals surface area (Å²) in [7, 11) is 3.63. The molecule has 1 amide bonds. The molecule has 6 nitrogen and oxygen atoms in total. The molecule has 3 rings (SSSR count). The minimum atomic E-state index is -0.318. The maximum atomic E-state index is 13.1. The molecular weight excluding hydrogens is 323 g/mol. The highest BCUT2D eigenvalue weighted by atomic mass is 19.1. The minimum Gasteiger partial charge on any atom is -0.376 e. The molecule has 1 aromatic carbocycles. The van der Waals surface area contributed by atoms with Crippen molar-refractivity contribution in [2.45, 2.75) is 18.9 Å². The van der Waals surface area contributed by atoms with Gasteiger partial charge in [-0.1, -0.05) is 0 Å². The Bertz CT molecular complexity index is 743. The zero-order chi connectivity index (χ0) is 17.8. The first-order chi connectivity index (χ1) is 12.0. The van der Waals surface area contributed by atoms with E-state index in [9.17, 15) is 9.18 Å². The molecule has 25 heavy (non-hydrogen) atoms. The summed E-state index contributed by atoms with van der Waals surface area (Å²) in [5.41, 5.74) is 1.09. The zero-order valence-electron chi connectivity index (χ0n) is 14.3. The van der Waals surface area contributed by atoms with Crippen LogP contribution in [0, 0.1) is 5.82 Å². The molecule has 0 unspecified atom stereocenters. The molecule has 0 aliphatic carbocycles. The molecule has 2 aromatic rings. The minimum absolute atomic E-state index is 0.0752. The van der Waals surface area contributed by atoms with Gasteiger partial charge in [0, 0.05) is 39.0 Å². The van der Waals surface area contributed by atoms with E-state index in [1.165, 1.54) is 18.3 Å². The lowest BCUT2D eigenvalue weighted by molar-refractivity contribution is 0.0857. The number of aromatic nitrogens is 2. The fraction of sp³-hybridized carbons (Fsp3) is 0.389. The highest BCUT2D eigenvalue weighted by molar-refractivity contribution is 5.98. The normalized spacial score (nSPS) is 16.7. The average molecular weight is 344 g/mol. The first-order valence-corrected chi connectivity index (χ1v) is 8.24. The van der Waals surface area contributed by atoms with E-state index >= 15 is 0 Å². The van der Waals surface area contributed by atoms with Gasteiger partial charge in [-0.15, -0.1) is 0 Å². The number of amides is 1. The Balaban J connectivity index is 1.81. The standard InChI is InChI=1S/C18H21FN4O2/c1-23(2)17-15(18(24)21-10-14-4-3-9-25-14)11-20-16(22-17)12-5-7-13(19)8-6-12/h5-8,11,14H,3-4,9-10H2,1-2H3,(H,21,24)/t14-/m1/s1. The SMILES string of the molecule is CN(C)c1nc(-c2ccc(F)cc2)ncc1C(=O)NC[C@H]1CCCO1. The molecule has 1 atom stereocenters. The summed E-state index contributed by atoms with van der Waals surface area (Å²) in [5, 5.41) is 2.88. The van der Waals surface area contributed by atoms with Crippen LogP contribution in [-0.4, -0.2) is 49.2 Å². The third-order valence-electron chi connectivity index (χ3n) is 4.05. The van der Waals surface area contributed by atoms with Crippen molar-refractivity contribution in [1.29, 1.82) is 0 Å².